The third kappa shape index (κ3) is 4.90. The molecule has 0 fully saturated rings. The molecule has 0 bridgehead atoms. The Morgan fingerprint density at radius 2 is 1.76 bits per heavy atom. The van der Waals surface area contributed by atoms with Gasteiger partial charge in [-0.25, -0.2) is 9.07 Å². The van der Waals surface area contributed by atoms with E-state index in [0.29, 0.717) is 18.0 Å². The standard InChI is InChI=1S/C24H18F4N4O2/c1-2-34-23-30-21(19-8-3-4-9-20(19)25)32(31-23)18-7-5-6-17(14-18)29-22(33)15-10-12-16(13-11-15)24(26,27)28/h3-14H,2H2,1H3,(H,29,33). The zero-order valence-electron chi connectivity index (χ0n) is 17.8. The quantitative estimate of drug-likeness (QED) is 0.365. The number of carbonyl (C=O) groups excluding carboxylic acids is 1. The van der Waals surface area contributed by atoms with Crippen molar-refractivity contribution in [3.8, 4) is 23.1 Å². The number of hydrogen-bond acceptors (Lipinski definition) is 4. The molecule has 0 spiro atoms. The Morgan fingerprint density at radius 3 is 2.44 bits per heavy atom. The van der Waals surface area contributed by atoms with Crippen molar-refractivity contribution in [1.82, 2.24) is 14.8 Å². The van der Waals surface area contributed by atoms with Crippen LogP contribution < -0.4 is 10.1 Å². The number of rotatable bonds is 6. The van der Waals surface area contributed by atoms with Crippen molar-refractivity contribution in [3.05, 3.63) is 89.7 Å². The molecule has 1 heterocycles. The molecule has 1 aromatic heterocycles. The van der Waals surface area contributed by atoms with E-state index in [1.165, 1.54) is 10.7 Å². The van der Waals surface area contributed by atoms with Crippen LogP contribution in [0.5, 0.6) is 6.01 Å². The van der Waals surface area contributed by atoms with Crippen LogP contribution in [-0.2, 0) is 6.18 Å². The molecule has 0 aliphatic carbocycles. The Hall–Kier alpha value is -4.21. The van der Waals surface area contributed by atoms with E-state index in [1.807, 2.05) is 0 Å². The van der Waals surface area contributed by atoms with E-state index < -0.39 is 23.5 Å². The molecule has 0 radical (unpaired) electrons. The van der Waals surface area contributed by atoms with E-state index in [9.17, 15) is 22.4 Å². The summed E-state index contributed by atoms with van der Waals surface area (Å²) in [6, 6.07) is 16.5. The average Bonchev–Trinajstić information content (AvgIpc) is 3.23. The molecule has 0 atom stereocenters. The number of nitrogens with zero attached hydrogens (tertiary/aromatic N) is 3. The number of carbonyl (C=O) groups is 1. The van der Waals surface area contributed by atoms with Crippen LogP contribution in [0.4, 0.5) is 23.2 Å². The predicted octanol–water partition coefficient (Wildman–Crippen LogP) is 5.74. The second kappa shape index (κ2) is 9.34. The number of hydrogen-bond donors (Lipinski definition) is 1. The molecule has 0 saturated heterocycles. The average molecular weight is 470 g/mol. The molecular weight excluding hydrogens is 452 g/mol. The van der Waals surface area contributed by atoms with Crippen LogP contribution in [0, 0.1) is 5.82 Å². The van der Waals surface area contributed by atoms with Gasteiger partial charge in [-0.2, -0.15) is 18.2 Å². The molecule has 1 amide bonds. The third-order valence-electron chi connectivity index (χ3n) is 4.80. The van der Waals surface area contributed by atoms with Crippen LogP contribution in [0.15, 0.2) is 72.8 Å². The van der Waals surface area contributed by atoms with Gasteiger partial charge in [0, 0.05) is 11.3 Å². The van der Waals surface area contributed by atoms with Gasteiger partial charge in [0.25, 0.3) is 5.91 Å². The molecule has 174 valence electrons. The van der Waals surface area contributed by atoms with Gasteiger partial charge in [-0.3, -0.25) is 4.79 Å². The van der Waals surface area contributed by atoms with E-state index in [2.05, 4.69) is 15.4 Å². The van der Waals surface area contributed by atoms with Gasteiger partial charge in [0.2, 0.25) is 0 Å². The number of alkyl halides is 3. The number of halogens is 4. The van der Waals surface area contributed by atoms with Gasteiger partial charge >= 0.3 is 12.2 Å². The van der Waals surface area contributed by atoms with Crippen LogP contribution in [0.2, 0.25) is 0 Å². The lowest BCUT2D eigenvalue weighted by molar-refractivity contribution is -0.137. The Morgan fingerprint density at radius 1 is 1.03 bits per heavy atom. The van der Waals surface area contributed by atoms with Crippen LogP contribution in [0.3, 0.4) is 0 Å². The van der Waals surface area contributed by atoms with Crippen LogP contribution in [-0.4, -0.2) is 27.3 Å². The maximum atomic E-state index is 14.5. The van der Waals surface area contributed by atoms with Crippen molar-refractivity contribution >= 4 is 11.6 Å². The zero-order valence-corrected chi connectivity index (χ0v) is 17.8. The summed E-state index contributed by atoms with van der Waals surface area (Å²) in [4.78, 5) is 16.8. The Balaban J connectivity index is 1.64. The number of anilines is 1. The number of aromatic nitrogens is 3. The fraction of sp³-hybridized carbons (Fsp3) is 0.125. The maximum Gasteiger partial charge on any atom is 0.416 e. The highest BCUT2D eigenvalue weighted by Gasteiger charge is 2.30. The molecule has 34 heavy (non-hydrogen) atoms. The minimum Gasteiger partial charge on any atom is -0.463 e. The van der Waals surface area contributed by atoms with Gasteiger partial charge in [0.05, 0.1) is 23.4 Å². The minimum atomic E-state index is -4.49. The van der Waals surface area contributed by atoms with Gasteiger partial charge in [-0.15, -0.1) is 5.10 Å². The Kier molecular flexibility index (Phi) is 6.31. The molecule has 4 aromatic rings. The summed E-state index contributed by atoms with van der Waals surface area (Å²) < 4.78 is 59.5. The van der Waals surface area contributed by atoms with Crippen LogP contribution in [0.25, 0.3) is 17.1 Å². The second-order valence-electron chi connectivity index (χ2n) is 7.12. The van der Waals surface area contributed by atoms with Gasteiger partial charge in [-0.05, 0) is 61.5 Å². The van der Waals surface area contributed by atoms with E-state index in [4.69, 9.17) is 4.74 Å². The number of amides is 1. The Bertz CT molecular complexity index is 1320. The lowest BCUT2D eigenvalue weighted by atomic mass is 10.1. The topological polar surface area (TPSA) is 69.0 Å². The zero-order chi connectivity index (χ0) is 24.3. The summed E-state index contributed by atoms with van der Waals surface area (Å²) in [5.74, 6) is -0.882. The lowest BCUT2D eigenvalue weighted by Gasteiger charge is -2.10. The molecule has 0 saturated carbocycles. The third-order valence-corrected chi connectivity index (χ3v) is 4.80. The summed E-state index contributed by atoms with van der Waals surface area (Å²) in [5, 5.41) is 6.94. The van der Waals surface area contributed by atoms with Gasteiger partial charge in [0.15, 0.2) is 5.82 Å². The number of benzene rings is 3. The second-order valence-corrected chi connectivity index (χ2v) is 7.12. The first-order valence-corrected chi connectivity index (χ1v) is 10.2. The van der Waals surface area contributed by atoms with E-state index >= 15 is 0 Å². The first-order chi connectivity index (χ1) is 16.3. The van der Waals surface area contributed by atoms with Gasteiger partial charge < -0.3 is 10.1 Å². The van der Waals surface area contributed by atoms with Crippen molar-refractivity contribution in [2.24, 2.45) is 0 Å². The van der Waals surface area contributed by atoms with Crippen LogP contribution in [0.1, 0.15) is 22.8 Å². The summed E-state index contributed by atoms with van der Waals surface area (Å²) in [6.07, 6.45) is -4.49. The van der Waals surface area contributed by atoms with E-state index in [1.54, 1.807) is 49.4 Å². The van der Waals surface area contributed by atoms with E-state index in [-0.39, 0.29) is 23.0 Å². The smallest absolute Gasteiger partial charge is 0.416 e. The highest BCUT2D eigenvalue weighted by Crippen LogP contribution is 2.30. The Labute approximate surface area is 191 Å². The molecule has 0 unspecified atom stereocenters. The normalized spacial score (nSPS) is 11.3. The molecule has 1 N–H and O–H groups in total. The fourth-order valence-electron chi connectivity index (χ4n) is 3.21. The summed E-state index contributed by atoms with van der Waals surface area (Å²) in [6.45, 7) is 2.07. The molecule has 6 nitrogen and oxygen atoms in total. The highest BCUT2D eigenvalue weighted by molar-refractivity contribution is 6.04. The maximum absolute atomic E-state index is 14.5. The van der Waals surface area contributed by atoms with Gasteiger partial charge in [0.1, 0.15) is 5.82 Å². The largest absolute Gasteiger partial charge is 0.463 e. The molecule has 3 aromatic carbocycles. The minimum absolute atomic E-state index is 0.0555. The monoisotopic (exact) mass is 470 g/mol. The fourth-order valence-corrected chi connectivity index (χ4v) is 3.21. The van der Waals surface area contributed by atoms with Crippen molar-refractivity contribution < 1.29 is 27.1 Å². The molecular formula is C24H18F4N4O2. The van der Waals surface area contributed by atoms with Crippen molar-refractivity contribution in [3.63, 3.8) is 0 Å². The molecule has 0 aliphatic heterocycles. The molecule has 10 heteroatoms. The van der Waals surface area contributed by atoms with Gasteiger partial charge in [-0.1, -0.05) is 18.2 Å². The first-order valence-electron chi connectivity index (χ1n) is 10.2. The molecule has 0 aliphatic rings. The van der Waals surface area contributed by atoms with Crippen molar-refractivity contribution in [1.29, 1.82) is 0 Å². The summed E-state index contributed by atoms with van der Waals surface area (Å²) in [7, 11) is 0. The van der Waals surface area contributed by atoms with Crippen molar-refractivity contribution in [2.45, 2.75) is 13.1 Å². The predicted molar refractivity (Wildman–Crippen MR) is 117 cm³/mol. The first kappa shape index (κ1) is 23.0. The lowest BCUT2D eigenvalue weighted by Crippen LogP contribution is -2.13. The number of ether oxygens (including phenoxy) is 1. The highest BCUT2D eigenvalue weighted by atomic mass is 19.4. The SMILES string of the molecule is CCOc1nc(-c2ccccc2F)n(-c2cccc(NC(=O)c3ccc(C(F)(F)F)cc3)c2)n1. The van der Waals surface area contributed by atoms with Crippen molar-refractivity contribution in [2.75, 3.05) is 11.9 Å². The summed E-state index contributed by atoms with van der Waals surface area (Å²) in [5.41, 5.74) is 0.241. The summed E-state index contributed by atoms with van der Waals surface area (Å²) >= 11 is 0. The molecule has 4 rings (SSSR count). The number of nitrogens with one attached hydrogen (secondary N) is 1. The van der Waals surface area contributed by atoms with E-state index in [0.717, 1.165) is 24.3 Å². The van der Waals surface area contributed by atoms with Crippen LogP contribution >= 0.6 is 0 Å².